The first-order valence-corrected chi connectivity index (χ1v) is 10.9. The third-order valence-corrected chi connectivity index (χ3v) is 6.05. The molecule has 0 bridgehead atoms. The van der Waals surface area contributed by atoms with E-state index >= 15 is 0 Å². The summed E-state index contributed by atoms with van der Waals surface area (Å²) in [4.78, 5) is 26.8. The van der Waals surface area contributed by atoms with Crippen LogP contribution in [0.3, 0.4) is 0 Å². The summed E-state index contributed by atoms with van der Waals surface area (Å²) in [6.07, 6.45) is 1.91. The second-order valence-electron chi connectivity index (χ2n) is 8.27. The molecule has 172 valence electrons. The highest BCUT2D eigenvalue weighted by Crippen LogP contribution is 2.39. The van der Waals surface area contributed by atoms with Gasteiger partial charge in [0.15, 0.2) is 0 Å². The van der Waals surface area contributed by atoms with Crippen LogP contribution >= 0.6 is 0 Å². The summed E-state index contributed by atoms with van der Waals surface area (Å²) >= 11 is 0. The molecule has 1 aliphatic rings. The number of nitrogens with zero attached hydrogens (tertiary/aromatic N) is 3. The van der Waals surface area contributed by atoms with Gasteiger partial charge >= 0.3 is 0 Å². The normalized spacial score (nSPS) is 17.9. The van der Waals surface area contributed by atoms with Gasteiger partial charge in [-0.15, -0.1) is 0 Å². The molecule has 5 rings (SSSR count). The highest BCUT2D eigenvalue weighted by molar-refractivity contribution is 6.00. The minimum atomic E-state index is -0.393. The molecule has 0 spiro atoms. The van der Waals surface area contributed by atoms with E-state index in [2.05, 4.69) is 10.4 Å². The molecule has 1 aromatic heterocycles. The number of benzene rings is 3. The predicted octanol–water partition coefficient (Wildman–Crippen LogP) is 4.16. The first-order valence-electron chi connectivity index (χ1n) is 10.9. The number of rotatable bonds is 5. The van der Waals surface area contributed by atoms with Crippen LogP contribution in [0.1, 0.15) is 24.9 Å². The van der Waals surface area contributed by atoms with Crippen molar-refractivity contribution < 1.29 is 18.7 Å². The molecule has 34 heavy (non-hydrogen) atoms. The van der Waals surface area contributed by atoms with Crippen molar-refractivity contribution >= 4 is 28.4 Å². The molecule has 4 aromatic rings. The van der Waals surface area contributed by atoms with Gasteiger partial charge in [-0.3, -0.25) is 9.59 Å². The fourth-order valence-corrected chi connectivity index (χ4v) is 4.59. The molecule has 0 aliphatic carbocycles. The molecular formula is C26H23FN4O3. The second-order valence-corrected chi connectivity index (χ2v) is 8.27. The monoisotopic (exact) mass is 458 g/mol. The average molecular weight is 458 g/mol. The van der Waals surface area contributed by atoms with E-state index in [0.717, 1.165) is 22.2 Å². The Morgan fingerprint density at radius 2 is 1.85 bits per heavy atom. The molecule has 8 heteroatoms. The summed E-state index contributed by atoms with van der Waals surface area (Å²) in [6, 6.07) is 18.5. The van der Waals surface area contributed by atoms with Gasteiger partial charge in [0.05, 0.1) is 36.6 Å². The molecule has 1 fully saturated rings. The minimum absolute atomic E-state index is 0.0863. The average Bonchev–Trinajstić information content (AvgIpc) is 3.39. The minimum Gasteiger partial charge on any atom is -0.497 e. The fraction of sp³-hybridized carbons (Fsp3) is 0.192. The van der Waals surface area contributed by atoms with Crippen LogP contribution in [0, 0.1) is 5.82 Å². The molecule has 7 nitrogen and oxygen atoms in total. The van der Waals surface area contributed by atoms with Crippen molar-refractivity contribution in [1.82, 2.24) is 15.1 Å². The molecule has 0 saturated carbocycles. The zero-order valence-electron chi connectivity index (χ0n) is 18.7. The van der Waals surface area contributed by atoms with E-state index in [9.17, 15) is 14.0 Å². The first-order chi connectivity index (χ1) is 16.4. The zero-order valence-corrected chi connectivity index (χ0v) is 18.7. The Balaban J connectivity index is 1.57. The molecule has 0 radical (unpaired) electrons. The van der Waals surface area contributed by atoms with E-state index in [-0.39, 0.29) is 30.1 Å². The summed E-state index contributed by atoms with van der Waals surface area (Å²) in [6.45, 7) is 1.45. The van der Waals surface area contributed by atoms with E-state index in [1.807, 2.05) is 42.5 Å². The van der Waals surface area contributed by atoms with Gasteiger partial charge in [-0.1, -0.05) is 12.1 Å². The largest absolute Gasteiger partial charge is 0.497 e. The number of hydrogen-bond donors (Lipinski definition) is 1. The van der Waals surface area contributed by atoms with E-state index < -0.39 is 6.04 Å². The van der Waals surface area contributed by atoms with E-state index in [4.69, 9.17) is 4.74 Å². The lowest BCUT2D eigenvalue weighted by Crippen LogP contribution is -2.38. The van der Waals surface area contributed by atoms with Gasteiger partial charge in [-0.2, -0.15) is 5.10 Å². The molecule has 1 saturated heterocycles. The molecular weight excluding hydrogens is 435 g/mol. The molecule has 1 N–H and O–H groups in total. The van der Waals surface area contributed by atoms with Crippen molar-refractivity contribution in [2.75, 3.05) is 12.0 Å². The number of anilines is 1. The number of fused-ring (bicyclic) bond motifs is 1. The maximum Gasteiger partial charge on any atom is 0.229 e. The van der Waals surface area contributed by atoms with Gasteiger partial charge in [-0.05, 0) is 60.2 Å². The van der Waals surface area contributed by atoms with Crippen LogP contribution < -0.4 is 15.0 Å². The van der Waals surface area contributed by atoms with Crippen molar-refractivity contribution in [3.63, 3.8) is 0 Å². The Morgan fingerprint density at radius 3 is 2.59 bits per heavy atom. The van der Waals surface area contributed by atoms with Crippen LogP contribution in [0.2, 0.25) is 0 Å². The van der Waals surface area contributed by atoms with Gasteiger partial charge < -0.3 is 15.0 Å². The molecule has 2 amide bonds. The number of halogens is 1. The molecule has 2 atom stereocenters. The maximum atomic E-state index is 13.3. The van der Waals surface area contributed by atoms with Gasteiger partial charge in [0.2, 0.25) is 11.8 Å². The Morgan fingerprint density at radius 1 is 1.09 bits per heavy atom. The van der Waals surface area contributed by atoms with Gasteiger partial charge in [-0.25, -0.2) is 9.07 Å². The van der Waals surface area contributed by atoms with Gasteiger partial charge in [0, 0.05) is 24.4 Å². The Kier molecular flexibility index (Phi) is 5.49. The van der Waals surface area contributed by atoms with Crippen LogP contribution in [-0.4, -0.2) is 34.7 Å². The molecule has 3 aromatic carbocycles. The van der Waals surface area contributed by atoms with Crippen LogP contribution in [0.25, 0.3) is 16.6 Å². The van der Waals surface area contributed by atoms with Crippen LogP contribution in [0.4, 0.5) is 10.1 Å². The Bertz CT molecular complexity index is 1380. The van der Waals surface area contributed by atoms with Crippen LogP contribution in [-0.2, 0) is 9.59 Å². The number of aromatic nitrogens is 2. The van der Waals surface area contributed by atoms with Crippen LogP contribution in [0.15, 0.2) is 72.9 Å². The molecule has 1 aliphatic heterocycles. The maximum absolute atomic E-state index is 13.3. The predicted molar refractivity (Wildman–Crippen MR) is 126 cm³/mol. The number of methoxy groups -OCH3 is 1. The van der Waals surface area contributed by atoms with E-state index in [1.54, 1.807) is 35.0 Å². The Labute approximate surface area is 195 Å². The van der Waals surface area contributed by atoms with E-state index in [0.29, 0.717) is 11.4 Å². The van der Waals surface area contributed by atoms with Crippen molar-refractivity contribution in [1.29, 1.82) is 0 Å². The third kappa shape index (κ3) is 3.87. The standard InChI is InChI=1S/C26H23FN4O3/c1-16(32)29-23-14-25(33)30(26(23)17-4-3-5-22(13-17)34-2)21-10-11-24-18(12-21)15-28-31(24)20-8-6-19(27)7-9-20/h3-13,15,23,26H,14H2,1-2H3,(H,29,32)/t23-,26+/m0/s1. The van der Waals surface area contributed by atoms with Crippen LogP contribution in [0.5, 0.6) is 5.75 Å². The summed E-state index contributed by atoms with van der Waals surface area (Å²) < 4.78 is 20.4. The second kappa shape index (κ2) is 8.62. The van der Waals surface area contributed by atoms with Crippen molar-refractivity contribution in [3.05, 3.63) is 84.3 Å². The van der Waals surface area contributed by atoms with E-state index in [1.165, 1.54) is 19.1 Å². The summed E-state index contributed by atoms with van der Waals surface area (Å²) in [7, 11) is 1.59. The topological polar surface area (TPSA) is 76.5 Å². The summed E-state index contributed by atoms with van der Waals surface area (Å²) in [5.41, 5.74) is 3.14. The summed E-state index contributed by atoms with van der Waals surface area (Å²) in [5, 5.41) is 8.22. The SMILES string of the molecule is COc1cccc([C@@H]2[C@@H](NC(C)=O)CC(=O)N2c2ccc3c(cnn3-c3ccc(F)cc3)c2)c1. The number of amides is 2. The fourth-order valence-electron chi connectivity index (χ4n) is 4.59. The zero-order chi connectivity index (χ0) is 23.8. The number of carbonyl (C=O) groups excluding carboxylic acids is 2. The van der Waals surface area contributed by atoms with Gasteiger partial charge in [0.25, 0.3) is 0 Å². The number of nitrogens with one attached hydrogen (secondary N) is 1. The number of carbonyl (C=O) groups is 2. The lowest BCUT2D eigenvalue weighted by Gasteiger charge is -2.29. The van der Waals surface area contributed by atoms with Crippen molar-refractivity contribution in [2.45, 2.75) is 25.4 Å². The van der Waals surface area contributed by atoms with Crippen molar-refractivity contribution in [2.24, 2.45) is 0 Å². The van der Waals surface area contributed by atoms with Gasteiger partial charge in [0.1, 0.15) is 11.6 Å². The highest BCUT2D eigenvalue weighted by Gasteiger charge is 2.42. The lowest BCUT2D eigenvalue weighted by molar-refractivity contribution is -0.119. The summed E-state index contributed by atoms with van der Waals surface area (Å²) in [5.74, 6) is 0.0853. The number of ether oxygens (including phenoxy) is 1. The Hall–Kier alpha value is -4.20. The van der Waals surface area contributed by atoms with Crippen molar-refractivity contribution in [3.8, 4) is 11.4 Å². The molecule has 2 heterocycles. The quantitative estimate of drug-likeness (QED) is 0.487. The number of hydrogen-bond acceptors (Lipinski definition) is 4. The lowest BCUT2D eigenvalue weighted by atomic mass is 9.99. The first kappa shape index (κ1) is 21.6. The molecule has 0 unspecified atom stereocenters. The smallest absolute Gasteiger partial charge is 0.229 e. The highest BCUT2D eigenvalue weighted by atomic mass is 19.1. The third-order valence-electron chi connectivity index (χ3n) is 6.05.